The third-order valence-electron chi connectivity index (χ3n) is 3.03. The van der Waals surface area contributed by atoms with E-state index in [-0.39, 0.29) is 0 Å². The lowest BCUT2D eigenvalue weighted by molar-refractivity contribution is 0.146. The first-order chi connectivity index (χ1) is 7.42. The molecule has 0 bridgehead atoms. The lowest BCUT2D eigenvalue weighted by atomic mass is 10.1. The largest absolute Gasteiger partial charge is 0.468 e. The second-order valence-electron chi connectivity index (χ2n) is 4.11. The third kappa shape index (κ3) is 2.61. The highest BCUT2D eigenvalue weighted by atomic mass is 16.3. The molecule has 1 atom stereocenters. The molecule has 0 radical (unpaired) electrons. The van der Waals surface area contributed by atoms with Gasteiger partial charge in [-0.15, -0.1) is 0 Å². The van der Waals surface area contributed by atoms with Crippen molar-refractivity contribution in [2.24, 2.45) is 0 Å². The molecule has 0 saturated carbocycles. The minimum Gasteiger partial charge on any atom is -0.468 e. The Labute approximate surface area is 91.4 Å². The fraction of sp³-hybridized carbons (Fsp3) is 0.667. The van der Waals surface area contributed by atoms with Crippen LogP contribution in [0, 0.1) is 0 Å². The molecule has 2 rings (SSSR count). The van der Waals surface area contributed by atoms with E-state index in [1.165, 1.54) is 12.8 Å². The standard InChI is InChI=1S/C12H20N2O/c1-2-4-11(12-5-3-10-15-12)14-8-6-13-7-9-14/h3,5,10-11,13H,2,4,6-9H2,1H3/t11-/m0/s1. The molecule has 1 aromatic heterocycles. The smallest absolute Gasteiger partial charge is 0.120 e. The van der Waals surface area contributed by atoms with Crippen molar-refractivity contribution in [2.45, 2.75) is 25.8 Å². The SMILES string of the molecule is CCC[C@@H](c1ccco1)N1CCNCC1. The first kappa shape index (κ1) is 10.7. The van der Waals surface area contributed by atoms with E-state index in [2.05, 4.69) is 23.2 Å². The van der Waals surface area contributed by atoms with E-state index in [0.717, 1.165) is 31.9 Å². The number of nitrogens with one attached hydrogen (secondary N) is 1. The number of hydrogen-bond donors (Lipinski definition) is 1. The van der Waals surface area contributed by atoms with Gasteiger partial charge in [0, 0.05) is 26.2 Å². The van der Waals surface area contributed by atoms with Crippen LogP contribution in [0.5, 0.6) is 0 Å². The minimum atomic E-state index is 0.479. The van der Waals surface area contributed by atoms with E-state index in [0.29, 0.717) is 6.04 Å². The molecule has 1 aliphatic heterocycles. The van der Waals surface area contributed by atoms with Crippen LogP contribution in [0.3, 0.4) is 0 Å². The lowest BCUT2D eigenvalue weighted by Crippen LogP contribution is -2.45. The fourth-order valence-corrected chi connectivity index (χ4v) is 2.25. The molecule has 0 aliphatic carbocycles. The molecule has 15 heavy (non-hydrogen) atoms. The van der Waals surface area contributed by atoms with Gasteiger partial charge in [-0.1, -0.05) is 13.3 Å². The Morgan fingerprint density at radius 2 is 2.27 bits per heavy atom. The van der Waals surface area contributed by atoms with Crippen LogP contribution in [-0.2, 0) is 0 Å². The van der Waals surface area contributed by atoms with Crippen molar-refractivity contribution in [1.29, 1.82) is 0 Å². The summed E-state index contributed by atoms with van der Waals surface area (Å²) < 4.78 is 5.54. The highest BCUT2D eigenvalue weighted by Crippen LogP contribution is 2.26. The lowest BCUT2D eigenvalue weighted by Gasteiger charge is -2.33. The van der Waals surface area contributed by atoms with E-state index in [1.54, 1.807) is 6.26 Å². The van der Waals surface area contributed by atoms with Crippen LogP contribution in [0.25, 0.3) is 0 Å². The fourth-order valence-electron chi connectivity index (χ4n) is 2.25. The summed E-state index contributed by atoms with van der Waals surface area (Å²) in [6.45, 7) is 6.69. The minimum absolute atomic E-state index is 0.479. The van der Waals surface area contributed by atoms with E-state index < -0.39 is 0 Å². The third-order valence-corrected chi connectivity index (χ3v) is 3.03. The topological polar surface area (TPSA) is 28.4 Å². The summed E-state index contributed by atoms with van der Waals surface area (Å²) in [7, 11) is 0. The predicted molar refractivity (Wildman–Crippen MR) is 60.8 cm³/mol. The van der Waals surface area contributed by atoms with Crippen molar-refractivity contribution in [2.75, 3.05) is 26.2 Å². The molecule has 3 nitrogen and oxygen atoms in total. The van der Waals surface area contributed by atoms with Gasteiger partial charge in [0.2, 0.25) is 0 Å². The van der Waals surface area contributed by atoms with Gasteiger partial charge in [-0.3, -0.25) is 4.90 Å². The van der Waals surface area contributed by atoms with Gasteiger partial charge in [0.1, 0.15) is 5.76 Å². The molecule has 0 amide bonds. The number of nitrogens with zero attached hydrogens (tertiary/aromatic N) is 1. The molecule has 1 saturated heterocycles. The van der Waals surface area contributed by atoms with E-state index in [1.807, 2.05) is 6.07 Å². The molecule has 84 valence electrons. The van der Waals surface area contributed by atoms with Crippen molar-refractivity contribution in [3.05, 3.63) is 24.2 Å². The van der Waals surface area contributed by atoms with E-state index in [9.17, 15) is 0 Å². The summed E-state index contributed by atoms with van der Waals surface area (Å²) in [5, 5.41) is 3.38. The number of piperazine rings is 1. The normalized spacial score (nSPS) is 20.3. The maximum absolute atomic E-state index is 5.54. The van der Waals surface area contributed by atoms with Crippen molar-refractivity contribution in [3.63, 3.8) is 0 Å². The van der Waals surface area contributed by atoms with Gasteiger partial charge < -0.3 is 9.73 Å². The van der Waals surface area contributed by atoms with Crippen LogP contribution >= 0.6 is 0 Å². The molecule has 0 unspecified atom stereocenters. The molecule has 1 aliphatic rings. The van der Waals surface area contributed by atoms with Gasteiger partial charge in [-0.05, 0) is 18.6 Å². The van der Waals surface area contributed by atoms with Gasteiger partial charge in [0.15, 0.2) is 0 Å². The molecular weight excluding hydrogens is 188 g/mol. The molecule has 0 spiro atoms. The van der Waals surface area contributed by atoms with E-state index >= 15 is 0 Å². The van der Waals surface area contributed by atoms with Crippen molar-refractivity contribution < 1.29 is 4.42 Å². The van der Waals surface area contributed by atoms with E-state index in [4.69, 9.17) is 4.42 Å². The zero-order valence-corrected chi connectivity index (χ0v) is 9.41. The van der Waals surface area contributed by atoms with Crippen LogP contribution in [0.15, 0.2) is 22.8 Å². The monoisotopic (exact) mass is 208 g/mol. The summed E-state index contributed by atoms with van der Waals surface area (Å²) in [6.07, 6.45) is 4.17. The predicted octanol–water partition coefficient (Wildman–Crippen LogP) is 2.03. The maximum atomic E-state index is 5.54. The van der Waals surface area contributed by atoms with Crippen molar-refractivity contribution in [3.8, 4) is 0 Å². The van der Waals surface area contributed by atoms with Crippen LogP contribution in [0.1, 0.15) is 31.6 Å². The Kier molecular flexibility index (Phi) is 3.80. The Morgan fingerprint density at radius 1 is 1.47 bits per heavy atom. The number of rotatable bonds is 4. The Bertz CT molecular complexity index is 265. The van der Waals surface area contributed by atoms with Crippen LogP contribution in [0.4, 0.5) is 0 Å². The number of hydrogen-bond acceptors (Lipinski definition) is 3. The zero-order valence-electron chi connectivity index (χ0n) is 9.41. The average molecular weight is 208 g/mol. The quantitative estimate of drug-likeness (QED) is 0.820. The molecular formula is C12H20N2O. The zero-order chi connectivity index (χ0) is 10.5. The van der Waals surface area contributed by atoms with Gasteiger partial charge in [-0.25, -0.2) is 0 Å². The van der Waals surface area contributed by atoms with Crippen LogP contribution in [-0.4, -0.2) is 31.1 Å². The summed E-state index contributed by atoms with van der Waals surface area (Å²) in [6, 6.07) is 4.56. The molecule has 1 N–H and O–H groups in total. The van der Waals surface area contributed by atoms with Crippen LogP contribution in [0.2, 0.25) is 0 Å². The highest BCUT2D eigenvalue weighted by molar-refractivity contribution is 5.05. The first-order valence-corrected chi connectivity index (χ1v) is 5.90. The Balaban J connectivity index is 2.04. The first-order valence-electron chi connectivity index (χ1n) is 5.90. The molecule has 1 aromatic rings. The Morgan fingerprint density at radius 3 is 2.87 bits per heavy atom. The highest BCUT2D eigenvalue weighted by Gasteiger charge is 2.22. The average Bonchev–Trinajstić information content (AvgIpc) is 2.80. The van der Waals surface area contributed by atoms with Gasteiger partial charge in [0.25, 0.3) is 0 Å². The summed E-state index contributed by atoms with van der Waals surface area (Å²) in [5.74, 6) is 1.12. The van der Waals surface area contributed by atoms with Gasteiger partial charge in [-0.2, -0.15) is 0 Å². The Hall–Kier alpha value is -0.800. The molecule has 2 heterocycles. The second kappa shape index (κ2) is 5.33. The maximum Gasteiger partial charge on any atom is 0.120 e. The molecule has 1 fully saturated rings. The van der Waals surface area contributed by atoms with Crippen molar-refractivity contribution >= 4 is 0 Å². The molecule has 3 heteroatoms. The van der Waals surface area contributed by atoms with Crippen molar-refractivity contribution in [1.82, 2.24) is 10.2 Å². The summed E-state index contributed by atoms with van der Waals surface area (Å²) >= 11 is 0. The second-order valence-corrected chi connectivity index (χ2v) is 4.11. The molecule has 0 aromatic carbocycles. The van der Waals surface area contributed by atoms with Gasteiger partial charge >= 0.3 is 0 Å². The number of furan rings is 1. The summed E-state index contributed by atoms with van der Waals surface area (Å²) in [4.78, 5) is 2.53. The summed E-state index contributed by atoms with van der Waals surface area (Å²) in [5.41, 5.74) is 0. The van der Waals surface area contributed by atoms with Gasteiger partial charge in [0.05, 0.1) is 12.3 Å². The van der Waals surface area contributed by atoms with Crippen LogP contribution < -0.4 is 5.32 Å².